The average molecular weight is 397 g/mol. The van der Waals surface area contributed by atoms with E-state index < -0.39 is 15.4 Å². The monoisotopic (exact) mass is 396 g/mol. The Balaban J connectivity index is 1.77. The normalized spacial score (nSPS) is 15.4. The van der Waals surface area contributed by atoms with Gasteiger partial charge in [-0.25, -0.2) is 13.6 Å². The van der Waals surface area contributed by atoms with Gasteiger partial charge in [0.15, 0.2) is 0 Å². The smallest absolute Gasteiger partial charge is 0.238 e. The molecule has 0 aromatic heterocycles. The van der Waals surface area contributed by atoms with Crippen LogP contribution >= 0.6 is 0 Å². The van der Waals surface area contributed by atoms with Crippen LogP contribution in [0.2, 0.25) is 0 Å². The first-order chi connectivity index (χ1) is 12.6. The van der Waals surface area contributed by atoms with Gasteiger partial charge in [-0.1, -0.05) is 12.1 Å². The van der Waals surface area contributed by atoms with Crippen LogP contribution in [-0.2, 0) is 26.0 Å². The highest BCUT2D eigenvalue weighted by Gasteiger charge is 2.56. The number of sulfonamides is 1. The molecule has 1 fully saturated rings. The van der Waals surface area contributed by atoms with E-state index in [2.05, 4.69) is 10.6 Å². The number of primary sulfonamides is 1. The van der Waals surface area contributed by atoms with Gasteiger partial charge in [-0.3, -0.25) is 9.59 Å². The van der Waals surface area contributed by atoms with Gasteiger partial charge in [0, 0.05) is 13.1 Å². The number of carbonyl (C=O) groups is 2. The van der Waals surface area contributed by atoms with Crippen LogP contribution in [-0.4, -0.2) is 58.9 Å². The van der Waals surface area contributed by atoms with Crippen molar-refractivity contribution in [2.75, 3.05) is 33.7 Å². The zero-order chi connectivity index (χ0) is 20.1. The molecule has 1 saturated carbocycles. The maximum absolute atomic E-state index is 12.4. The Morgan fingerprint density at radius 2 is 1.63 bits per heavy atom. The van der Waals surface area contributed by atoms with Gasteiger partial charge in [-0.15, -0.1) is 0 Å². The minimum absolute atomic E-state index is 0.0538. The molecule has 8 nitrogen and oxygen atoms in total. The zero-order valence-electron chi connectivity index (χ0n) is 15.8. The van der Waals surface area contributed by atoms with Crippen LogP contribution < -0.4 is 15.8 Å². The van der Waals surface area contributed by atoms with Crippen molar-refractivity contribution >= 4 is 21.8 Å². The van der Waals surface area contributed by atoms with Gasteiger partial charge in [0.2, 0.25) is 21.8 Å². The number of hydrogen-bond acceptors (Lipinski definition) is 5. The van der Waals surface area contributed by atoms with Gasteiger partial charge in [0.1, 0.15) is 5.41 Å². The van der Waals surface area contributed by atoms with Crippen molar-refractivity contribution in [3.8, 4) is 0 Å². The van der Waals surface area contributed by atoms with Gasteiger partial charge >= 0.3 is 0 Å². The predicted molar refractivity (Wildman–Crippen MR) is 102 cm³/mol. The molecule has 0 saturated heterocycles. The van der Waals surface area contributed by atoms with Crippen LogP contribution in [0.4, 0.5) is 0 Å². The minimum atomic E-state index is -3.71. The van der Waals surface area contributed by atoms with Crippen molar-refractivity contribution in [1.82, 2.24) is 15.5 Å². The number of nitrogens with two attached hydrogens (primary N) is 1. The van der Waals surface area contributed by atoms with Crippen LogP contribution in [0.3, 0.4) is 0 Å². The zero-order valence-corrected chi connectivity index (χ0v) is 16.6. The standard InChI is InChI=1S/C18H28N4O4S/c1-22(2)13-3-11-20-16(23)18(9-10-18)17(24)21-12-8-14-4-6-15(7-5-14)27(19,25)26/h4-7H,3,8-13H2,1-2H3,(H,20,23)(H,21,24)(H2,19,25,26). The lowest BCUT2D eigenvalue weighted by molar-refractivity contribution is -0.137. The van der Waals surface area contributed by atoms with Gasteiger partial charge in [0.05, 0.1) is 4.90 Å². The van der Waals surface area contributed by atoms with E-state index in [1.807, 2.05) is 19.0 Å². The Morgan fingerprint density at radius 3 is 2.11 bits per heavy atom. The highest BCUT2D eigenvalue weighted by Crippen LogP contribution is 2.46. The van der Waals surface area contributed by atoms with E-state index in [1.165, 1.54) is 12.1 Å². The van der Waals surface area contributed by atoms with E-state index in [0.717, 1.165) is 18.5 Å². The molecule has 0 unspecified atom stereocenters. The third-order valence-corrected chi connectivity index (χ3v) is 5.57. The SMILES string of the molecule is CN(C)CCCNC(=O)C1(C(=O)NCCc2ccc(S(N)(=O)=O)cc2)CC1. The molecule has 0 bridgehead atoms. The second-order valence-electron chi connectivity index (χ2n) is 7.19. The third kappa shape index (κ3) is 6.02. The third-order valence-electron chi connectivity index (χ3n) is 4.64. The first kappa shape index (κ1) is 21.3. The van der Waals surface area contributed by atoms with E-state index in [1.54, 1.807) is 12.1 Å². The van der Waals surface area contributed by atoms with Crippen LogP contribution in [0, 0.1) is 5.41 Å². The van der Waals surface area contributed by atoms with E-state index in [-0.39, 0.29) is 16.7 Å². The first-order valence-corrected chi connectivity index (χ1v) is 10.5. The van der Waals surface area contributed by atoms with E-state index >= 15 is 0 Å². The summed E-state index contributed by atoms with van der Waals surface area (Å²) < 4.78 is 22.5. The molecule has 2 amide bonds. The molecule has 0 radical (unpaired) electrons. The highest BCUT2D eigenvalue weighted by molar-refractivity contribution is 7.89. The molecule has 150 valence electrons. The lowest BCUT2D eigenvalue weighted by Gasteiger charge is -2.16. The molecule has 1 aliphatic carbocycles. The molecule has 9 heteroatoms. The summed E-state index contributed by atoms with van der Waals surface area (Å²) in [5.74, 6) is -0.440. The molecule has 0 aliphatic heterocycles. The van der Waals surface area contributed by atoms with E-state index in [9.17, 15) is 18.0 Å². The van der Waals surface area contributed by atoms with Crippen molar-refractivity contribution in [2.24, 2.45) is 10.6 Å². The summed E-state index contributed by atoms with van der Waals surface area (Å²) in [7, 11) is 0.239. The van der Waals surface area contributed by atoms with Gasteiger partial charge in [-0.2, -0.15) is 0 Å². The lowest BCUT2D eigenvalue weighted by atomic mass is 10.0. The summed E-state index contributed by atoms with van der Waals surface area (Å²) in [6.45, 7) is 1.81. The highest BCUT2D eigenvalue weighted by atomic mass is 32.2. The van der Waals surface area contributed by atoms with Gasteiger partial charge in [-0.05, 0) is 64.0 Å². The molecule has 2 rings (SSSR count). The summed E-state index contributed by atoms with van der Waals surface area (Å²) in [5.41, 5.74) is -0.0454. The fourth-order valence-corrected chi connectivity index (χ4v) is 3.30. The number of benzene rings is 1. The first-order valence-electron chi connectivity index (χ1n) is 8.98. The van der Waals surface area contributed by atoms with Crippen molar-refractivity contribution in [2.45, 2.75) is 30.6 Å². The Morgan fingerprint density at radius 1 is 1.07 bits per heavy atom. The minimum Gasteiger partial charge on any atom is -0.355 e. The Kier molecular flexibility index (Phi) is 6.96. The van der Waals surface area contributed by atoms with Crippen LogP contribution in [0.5, 0.6) is 0 Å². The largest absolute Gasteiger partial charge is 0.355 e. The molecular formula is C18H28N4O4S. The summed E-state index contributed by atoms with van der Waals surface area (Å²) in [6.07, 6.45) is 2.52. The number of nitrogens with one attached hydrogen (secondary N) is 2. The quantitative estimate of drug-likeness (QED) is 0.375. The topological polar surface area (TPSA) is 122 Å². The number of rotatable bonds is 10. The van der Waals surface area contributed by atoms with Crippen LogP contribution in [0.1, 0.15) is 24.8 Å². The molecule has 4 N–H and O–H groups in total. The molecule has 1 aliphatic rings. The maximum atomic E-state index is 12.4. The summed E-state index contributed by atoms with van der Waals surface area (Å²) >= 11 is 0. The molecular weight excluding hydrogens is 368 g/mol. The van der Waals surface area contributed by atoms with Crippen molar-refractivity contribution < 1.29 is 18.0 Å². The van der Waals surface area contributed by atoms with Crippen molar-refractivity contribution in [3.05, 3.63) is 29.8 Å². The van der Waals surface area contributed by atoms with Crippen molar-refractivity contribution in [1.29, 1.82) is 0 Å². The summed E-state index contributed by atoms with van der Waals surface area (Å²) in [6, 6.07) is 6.21. The number of amides is 2. The number of carbonyl (C=O) groups excluding carboxylic acids is 2. The molecule has 0 heterocycles. The number of nitrogens with zero attached hydrogens (tertiary/aromatic N) is 1. The molecule has 0 atom stereocenters. The Labute approximate surface area is 160 Å². The molecule has 1 aromatic rings. The lowest BCUT2D eigenvalue weighted by Crippen LogP contribution is -2.44. The Bertz CT molecular complexity index is 771. The fourth-order valence-electron chi connectivity index (χ4n) is 2.78. The molecule has 27 heavy (non-hydrogen) atoms. The number of hydrogen-bond donors (Lipinski definition) is 3. The Hall–Kier alpha value is -1.97. The second-order valence-corrected chi connectivity index (χ2v) is 8.75. The fraction of sp³-hybridized carbons (Fsp3) is 0.556. The van der Waals surface area contributed by atoms with Crippen LogP contribution in [0.25, 0.3) is 0 Å². The summed E-state index contributed by atoms with van der Waals surface area (Å²) in [4.78, 5) is 26.8. The average Bonchev–Trinajstić information content (AvgIpc) is 3.40. The summed E-state index contributed by atoms with van der Waals surface area (Å²) in [5, 5.41) is 10.7. The van der Waals surface area contributed by atoms with Crippen molar-refractivity contribution in [3.63, 3.8) is 0 Å². The molecule has 0 spiro atoms. The molecule has 1 aromatic carbocycles. The van der Waals surface area contributed by atoms with E-state index in [4.69, 9.17) is 5.14 Å². The maximum Gasteiger partial charge on any atom is 0.238 e. The van der Waals surface area contributed by atoms with Crippen LogP contribution in [0.15, 0.2) is 29.2 Å². The second kappa shape index (κ2) is 8.81. The van der Waals surface area contributed by atoms with Gasteiger partial charge < -0.3 is 15.5 Å². The predicted octanol–water partition coefficient (Wildman–Crippen LogP) is -0.159. The van der Waals surface area contributed by atoms with Gasteiger partial charge in [0.25, 0.3) is 0 Å². The van der Waals surface area contributed by atoms with E-state index in [0.29, 0.717) is 32.4 Å².